The minimum Gasteiger partial charge on any atom is -0.298 e. The first kappa shape index (κ1) is 14.7. The van der Waals surface area contributed by atoms with Crippen LogP contribution in [0.15, 0.2) is 4.47 Å². The zero-order chi connectivity index (χ0) is 12.8. The Morgan fingerprint density at radius 3 is 2.24 bits per heavy atom. The van der Waals surface area contributed by atoms with Crippen molar-refractivity contribution in [2.24, 2.45) is 0 Å². The second-order valence-corrected chi connectivity index (χ2v) is 5.23. The van der Waals surface area contributed by atoms with E-state index in [-0.39, 0.29) is 0 Å². The Morgan fingerprint density at radius 1 is 1.18 bits per heavy atom. The third-order valence-corrected chi connectivity index (χ3v) is 3.94. The van der Waals surface area contributed by atoms with Gasteiger partial charge in [-0.2, -0.15) is 5.10 Å². The zero-order valence-electron chi connectivity index (χ0n) is 11.5. The van der Waals surface area contributed by atoms with Crippen molar-refractivity contribution in [3.05, 3.63) is 15.9 Å². The predicted octanol–water partition coefficient (Wildman–Crippen LogP) is 3.60. The Bertz CT molecular complexity index is 341. The molecule has 3 nitrogen and oxygen atoms in total. The third-order valence-electron chi connectivity index (χ3n) is 2.91. The van der Waals surface area contributed by atoms with Gasteiger partial charge in [0.25, 0.3) is 0 Å². The molecule has 0 aliphatic heterocycles. The van der Waals surface area contributed by atoms with Crippen LogP contribution in [-0.4, -0.2) is 27.8 Å². The van der Waals surface area contributed by atoms with Gasteiger partial charge in [0.2, 0.25) is 0 Å². The number of hydrogen-bond donors (Lipinski definition) is 0. The minimum atomic E-state index is 0.938. The Labute approximate surface area is 113 Å². The second kappa shape index (κ2) is 7.17. The molecule has 0 fully saturated rings. The zero-order valence-corrected chi connectivity index (χ0v) is 13.0. The van der Waals surface area contributed by atoms with Gasteiger partial charge in [-0.3, -0.25) is 9.58 Å². The molecule has 1 rings (SSSR count). The molecule has 0 spiro atoms. The Hall–Kier alpha value is -0.350. The van der Waals surface area contributed by atoms with Gasteiger partial charge < -0.3 is 0 Å². The minimum absolute atomic E-state index is 0.938. The van der Waals surface area contributed by atoms with E-state index in [0.29, 0.717) is 0 Å². The van der Waals surface area contributed by atoms with E-state index in [1.54, 1.807) is 0 Å². The molecule has 0 saturated carbocycles. The summed E-state index contributed by atoms with van der Waals surface area (Å²) in [5.41, 5.74) is 2.40. The van der Waals surface area contributed by atoms with Crippen molar-refractivity contribution < 1.29 is 0 Å². The van der Waals surface area contributed by atoms with Gasteiger partial charge in [0, 0.05) is 13.1 Å². The predicted molar refractivity (Wildman–Crippen MR) is 76.2 cm³/mol. The summed E-state index contributed by atoms with van der Waals surface area (Å²) in [6.07, 6.45) is 2.41. The average Bonchev–Trinajstić information content (AvgIpc) is 2.57. The maximum atomic E-state index is 4.55. The Morgan fingerprint density at radius 2 is 1.76 bits per heavy atom. The van der Waals surface area contributed by atoms with E-state index in [4.69, 9.17) is 0 Å². The molecule has 0 aliphatic rings. The van der Waals surface area contributed by atoms with E-state index < -0.39 is 0 Å². The lowest BCUT2D eigenvalue weighted by Crippen LogP contribution is -2.26. The summed E-state index contributed by atoms with van der Waals surface area (Å²) in [5.74, 6) is 0. The molecule has 0 atom stereocenters. The van der Waals surface area contributed by atoms with Gasteiger partial charge in [0.1, 0.15) is 0 Å². The van der Waals surface area contributed by atoms with E-state index in [1.807, 2.05) is 0 Å². The van der Waals surface area contributed by atoms with Crippen LogP contribution in [0.1, 0.15) is 45.0 Å². The van der Waals surface area contributed by atoms with Crippen LogP contribution in [0, 0.1) is 6.92 Å². The fourth-order valence-electron chi connectivity index (χ4n) is 2.13. The fourth-order valence-corrected chi connectivity index (χ4v) is 2.54. The number of halogens is 1. The van der Waals surface area contributed by atoms with Gasteiger partial charge in [0.15, 0.2) is 0 Å². The third kappa shape index (κ3) is 3.81. The Kier molecular flexibility index (Phi) is 6.20. The second-order valence-electron chi connectivity index (χ2n) is 4.44. The molecule has 4 heteroatoms. The molecule has 1 aromatic heterocycles. The molecule has 0 saturated heterocycles. The van der Waals surface area contributed by atoms with Crippen LogP contribution in [0.5, 0.6) is 0 Å². The summed E-state index contributed by atoms with van der Waals surface area (Å²) < 4.78 is 3.29. The summed E-state index contributed by atoms with van der Waals surface area (Å²) in [7, 11) is 0. The average molecular weight is 302 g/mol. The van der Waals surface area contributed by atoms with Crippen molar-refractivity contribution in [3.8, 4) is 0 Å². The first-order valence-electron chi connectivity index (χ1n) is 6.58. The number of hydrogen-bond acceptors (Lipinski definition) is 2. The molecule has 0 N–H and O–H groups in total. The summed E-state index contributed by atoms with van der Waals surface area (Å²) in [6, 6.07) is 0. The van der Waals surface area contributed by atoms with Crippen molar-refractivity contribution in [2.45, 2.75) is 53.6 Å². The number of aryl methyl sites for hydroxylation is 2. The maximum absolute atomic E-state index is 4.55. The molecule has 0 amide bonds. The lowest BCUT2D eigenvalue weighted by atomic mass is 10.3. The van der Waals surface area contributed by atoms with E-state index in [1.165, 1.54) is 23.0 Å². The standard InChI is InChI=1S/C13H24BrN3/c1-5-8-16(9-6-2)10-12-13(14)11(4)15-17(12)7-3/h5-10H2,1-4H3. The van der Waals surface area contributed by atoms with Crippen LogP contribution >= 0.6 is 15.9 Å². The lowest BCUT2D eigenvalue weighted by Gasteiger charge is -2.21. The van der Waals surface area contributed by atoms with Crippen molar-refractivity contribution in [3.63, 3.8) is 0 Å². The highest BCUT2D eigenvalue weighted by Crippen LogP contribution is 2.22. The number of aromatic nitrogens is 2. The van der Waals surface area contributed by atoms with Crippen LogP contribution < -0.4 is 0 Å². The van der Waals surface area contributed by atoms with Crippen LogP contribution in [0.2, 0.25) is 0 Å². The van der Waals surface area contributed by atoms with Gasteiger partial charge in [-0.05, 0) is 55.7 Å². The first-order chi connectivity index (χ1) is 8.13. The highest BCUT2D eigenvalue weighted by molar-refractivity contribution is 9.10. The topological polar surface area (TPSA) is 21.1 Å². The Balaban J connectivity index is 2.83. The molecular formula is C13H24BrN3. The smallest absolute Gasteiger partial charge is 0.0739 e. The molecule has 0 aliphatic carbocycles. The number of rotatable bonds is 7. The summed E-state index contributed by atoms with van der Waals surface area (Å²) in [5, 5.41) is 4.55. The molecule has 0 aromatic carbocycles. The summed E-state index contributed by atoms with van der Waals surface area (Å²) >= 11 is 3.66. The van der Waals surface area contributed by atoms with E-state index in [2.05, 4.69) is 58.3 Å². The summed E-state index contributed by atoms with van der Waals surface area (Å²) in [6.45, 7) is 12.9. The maximum Gasteiger partial charge on any atom is 0.0739 e. The highest BCUT2D eigenvalue weighted by Gasteiger charge is 2.14. The SMILES string of the molecule is CCCN(CCC)Cc1c(Br)c(C)nn1CC. The lowest BCUT2D eigenvalue weighted by molar-refractivity contribution is 0.258. The molecule has 0 bridgehead atoms. The normalized spacial score (nSPS) is 11.4. The van der Waals surface area contributed by atoms with Gasteiger partial charge in [-0.15, -0.1) is 0 Å². The molecule has 1 heterocycles. The van der Waals surface area contributed by atoms with Gasteiger partial charge in [-0.1, -0.05) is 13.8 Å². The van der Waals surface area contributed by atoms with Crippen molar-refractivity contribution in [1.29, 1.82) is 0 Å². The van der Waals surface area contributed by atoms with Gasteiger partial charge >= 0.3 is 0 Å². The van der Waals surface area contributed by atoms with E-state index >= 15 is 0 Å². The van der Waals surface area contributed by atoms with Crippen LogP contribution in [0.4, 0.5) is 0 Å². The molecule has 0 radical (unpaired) electrons. The summed E-state index contributed by atoms with van der Waals surface area (Å²) in [4.78, 5) is 2.51. The molecule has 98 valence electrons. The number of nitrogens with zero attached hydrogens (tertiary/aromatic N) is 3. The van der Waals surface area contributed by atoms with Crippen molar-refractivity contribution in [2.75, 3.05) is 13.1 Å². The van der Waals surface area contributed by atoms with Gasteiger partial charge in [-0.25, -0.2) is 0 Å². The van der Waals surface area contributed by atoms with Crippen molar-refractivity contribution in [1.82, 2.24) is 14.7 Å². The molecular weight excluding hydrogens is 278 g/mol. The monoisotopic (exact) mass is 301 g/mol. The van der Waals surface area contributed by atoms with Gasteiger partial charge in [0.05, 0.1) is 15.9 Å². The molecule has 0 unspecified atom stereocenters. The molecule has 1 aromatic rings. The molecule has 17 heavy (non-hydrogen) atoms. The quantitative estimate of drug-likeness (QED) is 0.767. The largest absolute Gasteiger partial charge is 0.298 e. The van der Waals surface area contributed by atoms with Crippen LogP contribution in [0.25, 0.3) is 0 Å². The van der Waals surface area contributed by atoms with Crippen LogP contribution in [0.3, 0.4) is 0 Å². The fraction of sp³-hybridized carbons (Fsp3) is 0.769. The van der Waals surface area contributed by atoms with Crippen molar-refractivity contribution >= 4 is 15.9 Å². The van der Waals surface area contributed by atoms with E-state index in [0.717, 1.165) is 31.9 Å². The first-order valence-corrected chi connectivity index (χ1v) is 7.37. The van der Waals surface area contributed by atoms with Crippen LogP contribution in [-0.2, 0) is 13.1 Å². The van der Waals surface area contributed by atoms with E-state index in [9.17, 15) is 0 Å². The highest BCUT2D eigenvalue weighted by atomic mass is 79.9.